The summed E-state index contributed by atoms with van der Waals surface area (Å²) in [5.41, 5.74) is 1.46. The number of hydrogen-bond acceptors (Lipinski definition) is 8. The van der Waals surface area contributed by atoms with Crippen molar-refractivity contribution in [1.82, 2.24) is 24.5 Å². The van der Waals surface area contributed by atoms with Crippen molar-refractivity contribution in [2.75, 3.05) is 24.4 Å². The van der Waals surface area contributed by atoms with Gasteiger partial charge in [-0.15, -0.1) is 0 Å². The molecule has 0 spiro atoms. The van der Waals surface area contributed by atoms with E-state index in [0.717, 1.165) is 25.7 Å². The van der Waals surface area contributed by atoms with Gasteiger partial charge in [-0.05, 0) is 43.7 Å². The van der Waals surface area contributed by atoms with E-state index < -0.39 is 9.84 Å². The fourth-order valence-corrected chi connectivity index (χ4v) is 5.27. The van der Waals surface area contributed by atoms with Crippen molar-refractivity contribution in [1.29, 1.82) is 0 Å². The Morgan fingerprint density at radius 3 is 2.73 bits per heavy atom. The number of methoxy groups -OCH3 is 1. The Morgan fingerprint density at radius 1 is 1.27 bits per heavy atom. The molecule has 1 aliphatic carbocycles. The molecule has 0 bridgehead atoms. The molecular formula is C19H24N6O4S. The number of sulfone groups is 1. The Morgan fingerprint density at radius 2 is 2.03 bits per heavy atom. The van der Waals surface area contributed by atoms with Crippen molar-refractivity contribution < 1.29 is 13.2 Å². The Bertz CT molecular complexity index is 1210. The van der Waals surface area contributed by atoms with Crippen LogP contribution in [-0.4, -0.2) is 52.0 Å². The van der Waals surface area contributed by atoms with Crippen LogP contribution >= 0.6 is 0 Å². The number of H-pyrrole nitrogens is 1. The molecule has 11 heteroatoms. The smallest absolute Gasteiger partial charge is 0.327 e. The standard InChI is InChI=1S/C19H24N6O4S/c1-29-17-14(4-3-9-20-17)22-18-21-10-15-16(24-18)25(19(26)23-15)13-7-5-12(6-8-13)11-30(2,27)28/h3-4,9-10,12-13H,5-8,11H2,1-2H3,(H,23,26)(H,21,22,24)/t12-,13-. The molecule has 1 aliphatic rings. The predicted octanol–water partition coefficient (Wildman–Crippen LogP) is 2.04. The van der Waals surface area contributed by atoms with Gasteiger partial charge in [0.25, 0.3) is 0 Å². The van der Waals surface area contributed by atoms with Gasteiger partial charge in [0.05, 0.1) is 19.1 Å². The molecule has 160 valence electrons. The third-order valence-corrected chi connectivity index (χ3v) is 6.46. The molecule has 0 radical (unpaired) electrons. The van der Waals surface area contributed by atoms with Crippen molar-refractivity contribution in [3.8, 4) is 5.88 Å². The maximum Gasteiger partial charge on any atom is 0.327 e. The summed E-state index contributed by atoms with van der Waals surface area (Å²) in [6, 6.07) is 3.54. The molecule has 4 rings (SSSR count). The lowest BCUT2D eigenvalue weighted by molar-refractivity contribution is 0.290. The lowest BCUT2D eigenvalue weighted by Crippen LogP contribution is -2.28. The SMILES string of the molecule is COc1ncccc1Nc1ncc2[nH]c(=O)n([C@H]3CC[C@H](CS(C)(=O)=O)CC3)c2n1. The second-order valence-electron chi connectivity index (χ2n) is 7.68. The predicted molar refractivity (Wildman–Crippen MR) is 113 cm³/mol. The van der Waals surface area contributed by atoms with E-state index in [0.29, 0.717) is 28.7 Å². The fraction of sp³-hybridized carbons (Fsp3) is 0.474. The first-order valence-electron chi connectivity index (χ1n) is 9.75. The number of aromatic amines is 1. The average Bonchev–Trinajstić information content (AvgIpc) is 3.03. The number of nitrogens with zero attached hydrogens (tertiary/aromatic N) is 4. The van der Waals surface area contributed by atoms with Gasteiger partial charge in [0, 0.05) is 18.5 Å². The maximum atomic E-state index is 12.6. The van der Waals surface area contributed by atoms with Crippen LogP contribution in [0.25, 0.3) is 11.2 Å². The first-order chi connectivity index (χ1) is 14.3. The Labute approximate surface area is 173 Å². The molecule has 0 atom stereocenters. The number of fused-ring (bicyclic) bond motifs is 1. The molecule has 3 heterocycles. The van der Waals surface area contributed by atoms with Gasteiger partial charge in [-0.1, -0.05) is 0 Å². The number of pyridine rings is 1. The Balaban J connectivity index is 1.59. The monoisotopic (exact) mass is 432 g/mol. The van der Waals surface area contributed by atoms with E-state index in [1.54, 1.807) is 29.1 Å². The van der Waals surface area contributed by atoms with Crippen LogP contribution in [-0.2, 0) is 9.84 Å². The van der Waals surface area contributed by atoms with Crippen molar-refractivity contribution in [3.05, 3.63) is 35.0 Å². The molecule has 10 nitrogen and oxygen atoms in total. The van der Waals surface area contributed by atoms with Crippen LogP contribution in [0.15, 0.2) is 29.3 Å². The molecule has 2 N–H and O–H groups in total. The normalized spacial score (nSPS) is 19.7. The van der Waals surface area contributed by atoms with Crippen LogP contribution in [0.2, 0.25) is 0 Å². The van der Waals surface area contributed by atoms with E-state index in [4.69, 9.17) is 4.74 Å². The number of ether oxygens (including phenoxy) is 1. The third kappa shape index (κ3) is 4.30. The second kappa shape index (κ2) is 8.05. The molecule has 1 fully saturated rings. The summed E-state index contributed by atoms with van der Waals surface area (Å²) >= 11 is 0. The largest absolute Gasteiger partial charge is 0.480 e. The number of hydrogen-bond donors (Lipinski definition) is 2. The van der Waals surface area contributed by atoms with Gasteiger partial charge in [-0.25, -0.2) is 23.2 Å². The lowest BCUT2D eigenvalue weighted by Gasteiger charge is -2.28. The molecule has 1 saturated carbocycles. The van der Waals surface area contributed by atoms with Crippen molar-refractivity contribution in [2.24, 2.45) is 5.92 Å². The highest BCUT2D eigenvalue weighted by molar-refractivity contribution is 7.90. The first-order valence-corrected chi connectivity index (χ1v) is 11.8. The van der Waals surface area contributed by atoms with E-state index in [1.807, 2.05) is 0 Å². The molecule has 0 amide bonds. The van der Waals surface area contributed by atoms with E-state index in [-0.39, 0.29) is 23.4 Å². The van der Waals surface area contributed by atoms with Gasteiger partial charge in [0.2, 0.25) is 11.8 Å². The van der Waals surface area contributed by atoms with Gasteiger partial charge in [-0.2, -0.15) is 4.98 Å². The first kappa shape index (κ1) is 20.3. The molecule has 0 saturated heterocycles. The fourth-order valence-electron chi connectivity index (χ4n) is 4.08. The van der Waals surface area contributed by atoms with Crippen molar-refractivity contribution >= 4 is 32.6 Å². The molecule has 0 aromatic carbocycles. The summed E-state index contributed by atoms with van der Waals surface area (Å²) in [6.45, 7) is 0. The minimum Gasteiger partial charge on any atom is -0.480 e. The van der Waals surface area contributed by atoms with Crippen molar-refractivity contribution in [2.45, 2.75) is 31.7 Å². The summed E-state index contributed by atoms with van der Waals surface area (Å²) in [6.07, 6.45) is 7.46. The minimum absolute atomic E-state index is 0.0299. The number of nitrogens with one attached hydrogen (secondary N) is 2. The number of aromatic nitrogens is 5. The summed E-state index contributed by atoms with van der Waals surface area (Å²) in [5, 5.41) is 3.08. The van der Waals surface area contributed by atoms with Gasteiger partial charge >= 0.3 is 5.69 Å². The van der Waals surface area contributed by atoms with Gasteiger partial charge in [0.15, 0.2) is 5.65 Å². The molecular weight excluding hydrogens is 408 g/mol. The lowest BCUT2D eigenvalue weighted by atomic mass is 9.87. The third-order valence-electron chi connectivity index (χ3n) is 5.39. The van der Waals surface area contributed by atoms with Crippen molar-refractivity contribution in [3.63, 3.8) is 0 Å². The van der Waals surface area contributed by atoms with Gasteiger partial charge in [-0.3, -0.25) is 4.57 Å². The molecule has 3 aromatic rings. The second-order valence-corrected chi connectivity index (χ2v) is 9.87. The number of anilines is 2. The highest BCUT2D eigenvalue weighted by Gasteiger charge is 2.27. The minimum atomic E-state index is -3.00. The Hall–Kier alpha value is -2.95. The highest BCUT2D eigenvalue weighted by atomic mass is 32.2. The van der Waals surface area contributed by atoms with E-state index in [2.05, 4.69) is 25.3 Å². The van der Waals surface area contributed by atoms with Crippen LogP contribution < -0.4 is 15.7 Å². The van der Waals surface area contributed by atoms with E-state index >= 15 is 0 Å². The van der Waals surface area contributed by atoms with Gasteiger partial charge < -0.3 is 15.0 Å². The summed E-state index contributed by atoms with van der Waals surface area (Å²) in [5.74, 6) is 1.08. The average molecular weight is 433 g/mol. The molecule has 0 unspecified atom stereocenters. The molecule has 3 aromatic heterocycles. The zero-order chi connectivity index (χ0) is 21.3. The van der Waals surface area contributed by atoms with Crippen LogP contribution in [0.3, 0.4) is 0 Å². The molecule has 30 heavy (non-hydrogen) atoms. The van der Waals surface area contributed by atoms with E-state index in [1.165, 1.54) is 13.4 Å². The Kier molecular flexibility index (Phi) is 5.46. The topological polar surface area (TPSA) is 132 Å². The van der Waals surface area contributed by atoms with Crippen LogP contribution in [0, 0.1) is 5.92 Å². The van der Waals surface area contributed by atoms with Crippen LogP contribution in [0.1, 0.15) is 31.7 Å². The van der Waals surface area contributed by atoms with E-state index in [9.17, 15) is 13.2 Å². The number of rotatable bonds is 6. The zero-order valence-electron chi connectivity index (χ0n) is 16.8. The van der Waals surface area contributed by atoms with Crippen LogP contribution in [0.5, 0.6) is 5.88 Å². The number of imidazole rings is 1. The summed E-state index contributed by atoms with van der Waals surface area (Å²) in [4.78, 5) is 28.4. The highest BCUT2D eigenvalue weighted by Crippen LogP contribution is 2.33. The summed E-state index contributed by atoms with van der Waals surface area (Å²) in [7, 11) is -1.47. The maximum absolute atomic E-state index is 12.6. The molecule has 0 aliphatic heterocycles. The summed E-state index contributed by atoms with van der Waals surface area (Å²) < 4.78 is 30.1. The van der Waals surface area contributed by atoms with Crippen LogP contribution in [0.4, 0.5) is 11.6 Å². The van der Waals surface area contributed by atoms with Gasteiger partial charge in [0.1, 0.15) is 21.0 Å². The zero-order valence-corrected chi connectivity index (χ0v) is 17.6. The quantitative estimate of drug-likeness (QED) is 0.605.